The Labute approximate surface area is 158 Å². The van der Waals surface area contributed by atoms with Gasteiger partial charge in [-0.2, -0.15) is 4.98 Å². The highest BCUT2D eigenvalue weighted by Crippen LogP contribution is 2.34. The second kappa shape index (κ2) is 7.54. The first-order valence-corrected chi connectivity index (χ1v) is 9.35. The molecule has 27 heavy (non-hydrogen) atoms. The summed E-state index contributed by atoms with van der Waals surface area (Å²) in [4.78, 5) is 34.6. The average molecular weight is 374 g/mol. The number of hydrogen-bond donors (Lipinski definition) is 1. The Morgan fingerprint density at radius 1 is 1.37 bits per heavy atom. The molecule has 0 spiro atoms. The molecule has 8 nitrogen and oxygen atoms in total. The van der Waals surface area contributed by atoms with Crippen molar-refractivity contribution >= 4 is 11.9 Å². The fourth-order valence-electron chi connectivity index (χ4n) is 3.51. The lowest BCUT2D eigenvalue weighted by Crippen LogP contribution is -2.31. The zero-order valence-electron chi connectivity index (χ0n) is 16.5. The van der Waals surface area contributed by atoms with E-state index in [0.717, 1.165) is 12.8 Å². The van der Waals surface area contributed by atoms with E-state index in [1.807, 2.05) is 13.8 Å². The van der Waals surface area contributed by atoms with E-state index >= 15 is 0 Å². The van der Waals surface area contributed by atoms with Gasteiger partial charge in [0.1, 0.15) is 11.7 Å². The second-order valence-corrected chi connectivity index (χ2v) is 7.15. The van der Waals surface area contributed by atoms with Gasteiger partial charge in [-0.25, -0.2) is 4.79 Å². The zero-order valence-corrected chi connectivity index (χ0v) is 16.5. The van der Waals surface area contributed by atoms with Gasteiger partial charge in [-0.05, 0) is 39.2 Å². The summed E-state index contributed by atoms with van der Waals surface area (Å²) in [5.41, 5.74) is 2.09. The van der Waals surface area contributed by atoms with Crippen LogP contribution >= 0.6 is 0 Å². The summed E-state index contributed by atoms with van der Waals surface area (Å²) in [7, 11) is 0. The number of nitrogens with zero attached hydrogens (tertiary/aromatic N) is 3. The van der Waals surface area contributed by atoms with E-state index in [1.165, 1.54) is 0 Å². The third kappa shape index (κ3) is 3.48. The Morgan fingerprint density at radius 2 is 2.11 bits per heavy atom. The van der Waals surface area contributed by atoms with Crippen LogP contribution in [0.15, 0.2) is 4.52 Å². The van der Waals surface area contributed by atoms with Crippen molar-refractivity contribution in [3.8, 4) is 0 Å². The number of H-pyrrole nitrogens is 1. The maximum Gasteiger partial charge on any atom is 0.355 e. The fraction of sp³-hybridized carbons (Fsp3) is 0.579. The van der Waals surface area contributed by atoms with E-state index < -0.39 is 5.97 Å². The van der Waals surface area contributed by atoms with Crippen LogP contribution in [0.5, 0.6) is 0 Å². The molecule has 0 bridgehead atoms. The van der Waals surface area contributed by atoms with Gasteiger partial charge in [-0.3, -0.25) is 4.79 Å². The van der Waals surface area contributed by atoms with Crippen molar-refractivity contribution in [3.63, 3.8) is 0 Å². The second-order valence-electron chi connectivity index (χ2n) is 7.15. The number of nitrogens with one attached hydrogen (secondary N) is 1. The molecule has 2 aromatic rings. The number of carbonyl (C=O) groups is 2. The molecular formula is C19H26N4O4. The number of esters is 1. The molecule has 1 fully saturated rings. The number of aromatic amines is 1. The predicted molar refractivity (Wildman–Crippen MR) is 97.6 cm³/mol. The predicted octanol–water partition coefficient (Wildman–Crippen LogP) is 3.29. The molecule has 0 radical (unpaired) electrons. The van der Waals surface area contributed by atoms with Crippen LogP contribution in [-0.2, 0) is 4.74 Å². The minimum Gasteiger partial charge on any atom is -0.461 e. The van der Waals surface area contributed by atoms with Crippen molar-refractivity contribution in [1.29, 1.82) is 0 Å². The van der Waals surface area contributed by atoms with E-state index in [0.29, 0.717) is 40.8 Å². The lowest BCUT2D eigenvalue weighted by molar-refractivity contribution is 0.0519. The normalized spacial score (nSPS) is 17.0. The summed E-state index contributed by atoms with van der Waals surface area (Å²) in [6.45, 7) is 10.2. The SMILES string of the molecule is CCOC(=O)c1[nH]c(C)c(C(=O)N2CCC[C@H]2c2nc(C(C)C)no2)c1C. The van der Waals surface area contributed by atoms with Crippen molar-refractivity contribution in [2.45, 2.75) is 59.4 Å². The lowest BCUT2D eigenvalue weighted by atomic mass is 10.1. The Bertz CT molecular complexity index is 852. The van der Waals surface area contributed by atoms with Gasteiger partial charge < -0.3 is 19.1 Å². The van der Waals surface area contributed by atoms with Crippen molar-refractivity contribution in [1.82, 2.24) is 20.0 Å². The van der Waals surface area contributed by atoms with Crippen LogP contribution in [0.1, 0.15) is 89.4 Å². The van der Waals surface area contributed by atoms with Gasteiger partial charge in [0.15, 0.2) is 5.82 Å². The number of amides is 1. The fourth-order valence-corrected chi connectivity index (χ4v) is 3.51. The molecule has 1 aliphatic rings. The number of likely N-dealkylation sites (tertiary alicyclic amines) is 1. The van der Waals surface area contributed by atoms with Gasteiger partial charge in [0.25, 0.3) is 5.91 Å². The van der Waals surface area contributed by atoms with Crippen LogP contribution in [0, 0.1) is 13.8 Å². The molecule has 3 rings (SSSR count). The summed E-state index contributed by atoms with van der Waals surface area (Å²) >= 11 is 0. The number of aromatic nitrogens is 3. The minimum atomic E-state index is -0.450. The molecule has 1 saturated heterocycles. The smallest absolute Gasteiger partial charge is 0.355 e. The average Bonchev–Trinajstić information content (AvgIpc) is 3.32. The minimum absolute atomic E-state index is 0.136. The molecule has 1 N–H and O–H groups in total. The summed E-state index contributed by atoms with van der Waals surface area (Å²) in [5.74, 6) is 0.690. The maximum absolute atomic E-state index is 13.3. The van der Waals surface area contributed by atoms with Crippen molar-refractivity contribution in [2.75, 3.05) is 13.2 Å². The topological polar surface area (TPSA) is 101 Å². The van der Waals surface area contributed by atoms with Crippen LogP contribution in [0.25, 0.3) is 0 Å². The zero-order chi connectivity index (χ0) is 19.7. The molecule has 0 unspecified atom stereocenters. The Hall–Kier alpha value is -2.64. The molecule has 0 saturated carbocycles. The van der Waals surface area contributed by atoms with Gasteiger partial charge in [0.2, 0.25) is 5.89 Å². The number of hydrogen-bond acceptors (Lipinski definition) is 6. The van der Waals surface area contributed by atoms with Crippen LogP contribution in [-0.4, -0.2) is 45.1 Å². The van der Waals surface area contributed by atoms with E-state index in [-0.39, 0.29) is 24.5 Å². The maximum atomic E-state index is 13.3. The third-order valence-electron chi connectivity index (χ3n) is 4.90. The molecule has 0 aromatic carbocycles. The molecule has 1 amide bonds. The molecule has 2 aromatic heterocycles. The number of rotatable bonds is 5. The molecule has 8 heteroatoms. The summed E-state index contributed by atoms with van der Waals surface area (Å²) < 4.78 is 10.5. The third-order valence-corrected chi connectivity index (χ3v) is 4.90. The quantitative estimate of drug-likeness (QED) is 0.806. The van der Waals surface area contributed by atoms with Gasteiger partial charge in [-0.15, -0.1) is 0 Å². The highest BCUT2D eigenvalue weighted by Gasteiger charge is 2.37. The molecular weight excluding hydrogens is 348 g/mol. The Kier molecular flexibility index (Phi) is 5.34. The summed E-state index contributed by atoms with van der Waals surface area (Å²) in [6.07, 6.45) is 1.64. The summed E-state index contributed by atoms with van der Waals surface area (Å²) in [5, 5.41) is 4.02. The van der Waals surface area contributed by atoms with Crippen molar-refractivity contribution in [3.05, 3.63) is 34.2 Å². The van der Waals surface area contributed by atoms with Gasteiger partial charge in [-0.1, -0.05) is 19.0 Å². The standard InChI is InChI=1S/C19H26N4O4/c1-6-26-19(25)15-11(4)14(12(5)20-15)18(24)23-9-7-8-13(23)17-21-16(10(2)3)22-27-17/h10,13,20H,6-9H2,1-5H3/t13-/m0/s1. The van der Waals surface area contributed by atoms with Gasteiger partial charge >= 0.3 is 5.97 Å². The monoisotopic (exact) mass is 374 g/mol. The van der Waals surface area contributed by atoms with Crippen LogP contribution in [0.2, 0.25) is 0 Å². The number of ether oxygens (including phenoxy) is 1. The molecule has 0 aliphatic carbocycles. The molecule has 3 heterocycles. The highest BCUT2D eigenvalue weighted by molar-refractivity contribution is 6.01. The number of aryl methyl sites for hydroxylation is 1. The molecule has 146 valence electrons. The molecule has 1 atom stereocenters. The lowest BCUT2D eigenvalue weighted by Gasteiger charge is -2.22. The largest absolute Gasteiger partial charge is 0.461 e. The Morgan fingerprint density at radius 3 is 2.74 bits per heavy atom. The van der Waals surface area contributed by atoms with Crippen LogP contribution < -0.4 is 0 Å². The van der Waals surface area contributed by atoms with Gasteiger partial charge in [0, 0.05) is 18.2 Å². The first kappa shape index (κ1) is 19.1. The molecule has 1 aliphatic heterocycles. The van der Waals surface area contributed by atoms with E-state index in [2.05, 4.69) is 15.1 Å². The first-order chi connectivity index (χ1) is 12.8. The van der Waals surface area contributed by atoms with Crippen molar-refractivity contribution in [2.24, 2.45) is 0 Å². The van der Waals surface area contributed by atoms with E-state index in [9.17, 15) is 9.59 Å². The van der Waals surface area contributed by atoms with Gasteiger partial charge in [0.05, 0.1) is 12.2 Å². The number of carbonyl (C=O) groups excluding carboxylic acids is 2. The van der Waals surface area contributed by atoms with Crippen LogP contribution in [0.3, 0.4) is 0 Å². The first-order valence-electron chi connectivity index (χ1n) is 9.35. The summed E-state index contributed by atoms with van der Waals surface area (Å²) in [6, 6.07) is -0.239. The van der Waals surface area contributed by atoms with E-state index in [4.69, 9.17) is 9.26 Å². The Balaban J connectivity index is 1.89. The van der Waals surface area contributed by atoms with Crippen molar-refractivity contribution < 1.29 is 18.8 Å². The van der Waals surface area contributed by atoms with Crippen LogP contribution in [0.4, 0.5) is 0 Å². The highest BCUT2D eigenvalue weighted by atomic mass is 16.5. The van der Waals surface area contributed by atoms with E-state index in [1.54, 1.807) is 25.7 Å².